The second kappa shape index (κ2) is 5.50. The van der Waals surface area contributed by atoms with E-state index in [1.165, 1.54) is 0 Å². The maximum Gasteiger partial charge on any atom is 0.214 e. The number of phenolic OH excluding ortho intramolecular Hbond substituents is 1. The Hall–Kier alpha value is -3.08. The van der Waals surface area contributed by atoms with Crippen molar-refractivity contribution in [3.8, 4) is 5.75 Å². The van der Waals surface area contributed by atoms with Gasteiger partial charge in [0.1, 0.15) is 5.75 Å². The molecule has 0 radical (unpaired) electrons. The molecule has 0 aliphatic carbocycles. The average molecular weight is 276 g/mol. The van der Waals surface area contributed by atoms with Crippen LogP contribution in [0.1, 0.15) is 0 Å². The fourth-order valence-corrected chi connectivity index (χ4v) is 2.05. The molecule has 0 aliphatic heterocycles. The lowest BCUT2D eigenvalue weighted by molar-refractivity contribution is 0.481. The van der Waals surface area contributed by atoms with Crippen LogP contribution in [0.2, 0.25) is 1.41 Å². The summed E-state index contributed by atoms with van der Waals surface area (Å²) >= 11 is 0. The monoisotopic (exact) mass is 276 g/mol. The summed E-state index contributed by atoms with van der Waals surface area (Å²) in [4.78, 5) is 0. The third-order valence-electron chi connectivity index (χ3n) is 3.12. The predicted octanol–water partition coefficient (Wildman–Crippen LogP) is 5.62. The van der Waals surface area contributed by atoms with Crippen molar-refractivity contribution in [1.82, 2.24) is 0 Å². The molecule has 0 fully saturated rings. The van der Waals surface area contributed by atoms with E-state index in [0.29, 0.717) is 17.1 Å². The molecule has 0 spiro atoms. The van der Waals surface area contributed by atoms with Crippen LogP contribution < -0.4 is 0 Å². The molecule has 5 nitrogen and oxygen atoms in total. The van der Waals surface area contributed by atoms with Gasteiger partial charge in [0.05, 0.1) is 17.1 Å². The molecule has 102 valence electrons. The molecule has 0 saturated heterocycles. The smallest absolute Gasteiger partial charge is 0.214 e. The first-order valence-corrected chi connectivity index (χ1v) is 6.35. The average Bonchev–Trinajstić information content (AvgIpc) is 2.56. The third-order valence-corrected chi connectivity index (χ3v) is 3.12. The molecule has 0 amide bonds. The normalized spacial score (nSPS) is 12.3. The van der Waals surface area contributed by atoms with Crippen molar-refractivity contribution in [3.05, 3.63) is 60.7 Å². The maximum absolute atomic E-state index is 9.86. The van der Waals surface area contributed by atoms with Crippen molar-refractivity contribution < 1.29 is 6.52 Å². The molecule has 0 unspecified atom stereocenters. The topological polar surface area (TPSA) is 81.2 Å². The summed E-state index contributed by atoms with van der Waals surface area (Å²) in [7, 11) is 0. The molecular formula is C16H12N4O. The number of hydrogen-bond donors (Lipinski definition) is 2. The van der Waals surface area contributed by atoms with Crippen molar-refractivity contribution in [3.63, 3.8) is 0 Å². The molecule has 0 atom stereocenters. The van der Waals surface area contributed by atoms with Crippen LogP contribution in [-0.2, 0) is 0 Å². The molecule has 5 heteroatoms. The molecule has 0 aliphatic rings. The van der Waals surface area contributed by atoms with Gasteiger partial charge in [0, 0.05) is 10.8 Å². The van der Waals surface area contributed by atoms with Crippen LogP contribution in [-0.4, -0.2) is 5.11 Å². The van der Waals surface area contributed by atoms with Crippen LogP contribution >= 0.6 is 0 Å². The fourth-order valence-electron chi connectivity index (χ4n) is 2.05. The van der Waals surface area contributed by atoms with E-state index in [1.54, 1.807) is 36.4 Å². The first-order valence-electron chi connectivity index (χ1n) is 6.80. The highest BCUT2D eigenvalue weighted by Crippen LogP contribution is 2.33. The van der Waals surface area contributed by atoms with E-state index >= 15 is 0 Å². The molecular weight excluding hydrogens is 264 g/mol. The Morgan fingerprint density at radius 3 is 2.29 bits per heavy atom. The standard InChI is InChI=1S/C16H12N4O/c17-18-11-5-7-12(8-6-11)19-20-15-9-10-16(21)14-4-2-1-3-13(14)15/h1-10,17,21H/b18-17+,20-19+. The van der Waals surface area contributed by atoms with Gasteiger partial charge in [-0.25, -0.2) is 5.52 Å². The van der Waals surface area contributed by atoms with Crippen molar-refractivity contribution >= 4 is 27.8 Å². The van der Waals surface area contributed by atoms with Gasteiger partial charge in [-0.2, -0.15) is 10.2 Å². The summed E-state index contributed by atoms with van der Waals surface area (Å²) in [5.41, 5.74) is 4.91. The number of azo groups is 1. The Morgan fingerprint density at radius 1 is 0.810 bits per heavy atom. The second-order valence-electron chi connectivity index (χ2n) is 4.47. The summed E-state index contributed by atoms with van der Waals surface area (Å²) < 4.78 is 6.68. The van der Waals surface area contributed by atoms with Crippen molar-refractivity contribution in [2.24, 2.45) is 15.3 Å². The zero-order chi connectivity index (χ0) is 15.4. The molecule has 3 aromatic rings. The number of hydrogen-bond acceptors (Lipinski definition) is 5. The summed E-state index contributed by atoms with van der Waals surface area (Å²) in [6, 6.07) is 17.7. The van der Waals surface area contributed by atoms with Gasteiger partial charge in [0.25, 0.3) is 0 Å². The SMILES string of the molecule is [H]/N=N/c1ccc(/N=N/c2ccc(O)c3ccccc23)cc1. The highest BCUT2D eigenvalue weighted by atomic mass is 16.3. The Balaban J connectivity index is 1.94. The zero-order valence-electron chi connectivity index (χ0n) is 12.0. The molecule has 3 rings (SSSR count). The summed E-state index contributed by atoms with van der Waals surface area (Å²) in [5, 5.41) is 23.5. The Kier molecular flexibility index (Phi) is 3.07. The second-order valence-corrected chi connectivity index (χ2v) is 4.47. The number of fused-ring (bicyclic) bond motifs is 1. The lowest BCUT2D eigenvalue weighted by Gasteiger charge is -2.03. The van der Waals surface area contributed by atoms with Crippen LogP contribution in [0, 0.1) is 5.52 Å². The Labute approximate surface area is 122 Å². The molecule has 0 heterocycles. The molecule has 0 aromatic heterocycles. The summed E-state index contributed by atoms with van der Waals surface area (Å²) in [5.74, 6) is 0.222. The van der Waals surface area contributed by atoms with Gasteiger partial charge in [0.15, 0.2) is 0 Å². The third kappa shape index (κ3) is 2.62. The number of nitrogens with zero attached hydrogens (tertiary/aromatic N) is 3. The zero-order valence-corrected chi connectivity index (χ0v) is 11.0. The Morgan fingerprint density at radius 2 is 1.52 bits per heavy atom. The highest BCUT2D eigenvalue weighted by Gasteiger charge is 2.03. The van der Waals surface area contributed by atoms with Gasteiger partial charge in [-0.05, 0) is 36.4 Å². The van der Waals surface area contributed by atoms with Gasteiger partial charge in [0.2, 0.25) is 1.41 Å². The number of rotatable bonds is 3. The van der Waals surface area contributed by atoms with Crippen LogP contribution in [0.5, 0.6) is 5.75 Å². The maximum atomic E-state index is 9.86. The lowest BCUT2D eigenvalue weighted by atomic mass is 10.1. The van der Waals surface area contributed by atoms with Gasteiger partial charge in [-0.1, -0.05) is 24.3 Å². The summed E-state index contributed by atoms with van der Waals surface area (Å²) in [6.45, 7) is 0. The van der Waals surface area contributed by atoms with Crippen LogP contribution in [0.3, 0.4) is 0 Å². The van der Waals surface area contributed by atoms with E-state index in [9.17, 15) is 5.11 Å². The first kappa shape index (κ1) is 11.7. The fraction of sp³-hybridized carbons (Fsp3) is 0. The molecule has 0 bridgehead atoms. The summed E-state index contributed by atoms with van der Waals surface area (Å²) in [6.07, 6.45) is 0. The van der Waals surface area contributed by atoms with E-state index in [0.717, 1.165) is 10.8 Å². The first-order chi connectivity index (χ1) is 10.8. The van der Waals surface area contributed by atoms with Crippen molar-refractivity contribution in [1.29, 1.82) is 5.52 Å². The van der Waals surface area contributed by atoms with Crippen LogP contribution in [0.15, 0.2) is 76.0 Å². The van der Waals surface area contributed by atoms with Crippen molar-refractivity contribution in [2.75, 3.05) is 0 Å². The minimum Gasteiger partial charge on any atom is -0.507 e. The predicted molar refractivity (Wildman–Crippen MR) is 81.0 cm³/mol. The number of phenols is 1. The van der Waals surface area contributed by atoms with E-state index in [4.69, 9.17) is 1.41 Å². The van der Waals surface area contributed by atoms with Crippen LogP contribution in [0.4, 0.5) is 17.1 Å². The van der Waals surface area contributed by atoms with E-state index < -0.39 is 0 Å². The van der Waals surface area contributed by atoms with E-state index in [1.807, 2.05) is 24.3 Å². The van der Waals surface area contributed by atoms with Gasteiger partial charge >= 0.3 is 0 Å². The van der Waals surface area contributed by atoms with E-state index in [2.05, 4.69) is 20.9 Å². The van der Waals surface area contributed by atoms with Crippen LogP contribution in [0.25, 0.3) is 10.8 Å². The molecule has 0 saturated carbocycles. The minimum absolute atomic E-state index is 0.222. The number of aromatic hydroxyl groups is 1. The number of benzene rings is 3. The highest BCUT2D eigenvalue weighted by molar-refractivity contribution is 5.96. The molecule has 21 heavy (non-hydrogen) atoms. The largest absolute Gasteiger partial charge is 0.507 e. The molecule has 2 N–H and O–H groups in total. The quantitative estimate of drug-likeness (QED) is 0.598. The van der Waals surface area contributed by atoms with E-state index in [-0.39, 0.29) is 5.75 Å². The van der Waals surface area contributed by atoms with Gasteiger partial charge in [-0.3, -0.25) is 0 Å². The Bertz CT molecular complexity index is 860. The van der Waals surface area contributed by atoms with Crippen molar-refractivity contribution in [2.45, 2.75) is 0 Å². The number of nitrogens with one attached hydrogen (secondary N) is 1. The van der Waals surface area contributed by atoms with Gasteiger partial charge < -0.3 is 5.11 Å². The lowest BCUT2D eigenvalue weighted by Crippen LogP contribution is -1.74. The molecule has 3 aromatic carbocycles. The van der Waals surface area contributed by atoms with Gasteiger partial charge in [-0.15, -0.1) is 5.11 Å². The minimum atomic E-state index is 0.222.